The van der Waals surface area contributed by atoms with E-state index in [1.807, 2.05) is 6.92 Å². The number of hydrogen-bond acceptors (Lipinski definition) is 4. The van der Waals surface area contributed by atoms with Crippen LogP contribution in [-0.4, -0.2) is 61.6 Å². The first-order valence-corrected chi connectivity index (χ1v) is 9.55. The second-order valence-corrected chi connectivity index (χ2v) is 6.70. The number of carbonyl (C=O) groups excluding carboxylic acids is 1. The van der Waals surface area contributed by atoms with Crippen molar-refractivity contribution in [2.45, 2.75) is 53.1 Å². The number of guanidine groups is 1. The standard InChI is InChI=1S/C19H35N5O2/c1-6-20-19(22-10-8-13-24(15(2)3)16(4)5)23-12-11-21-18(25)17-9-7-14-26-17/h7,9,14-16H,6,8,10-13H2,1-5H3,(H,21,25)(H2,20,22,23). The number of aliphatic imine (C=N–C) groups is 1. The molecule has 1 aromatic heterocycles. The van der Waals surface area contributed by atoms with Crippen molar-refractivity contribution in [2.75, 3.05) is 32.7 Å². The van der Waals surface area contributed by atoms with Crippen LogP contribution in [0.15, 0.2) is 27.8 Å². The predicted molar refractivity (Wildman–Crippen MR) is 107 cm³/mol. The van der Waals surface area contributed by atoms with Gasteiger partial charge in [0.05, 0.1) is 6.26 Å². The largest absolute Gasteiger partial charge is 0.459 e. The molecule has 0 fully saturated rings. The summed E-state index contributed by atoms with van der Waals surface area (Å²) in [7, 11) is 0. The summed E-state index contributed by atoms with van der Waals surface area (Å²) in [6.07, 6.45) is 2.50. The molecule has 1 rings (SSSR count). The Morgan fingerprint density at radius 3 is 2.42 bits per heavy atom. The van der Waals surface area contributed by atoms with Crippen molar-refractivity contribution in [3.63, 3.8) is 0 Å². The van der Waals surface area contributed by atoms with E-state index in [9.17, 15) is 4.79 Å². The molecule has 0 spiro atoms. The lowest BCUT2D eigenvalue weighted by Crippen LogP contribution is -2.41. The number of amides is 1. The molecule has 1 aromatic rings. The van der Waals surface area contributed by atoms with Crippen LogP contribution in [0.5, 0.6) is 0 Å². The summed E-state index contributed by atoms with van der Waals surface area (Å²) in [5, 5.41) is 9.27. The highest BCUT2D eigenvalue weighted by atomic mass is 16.3. The third-order valence-corrected chi connectivity index (χ3v) is 3.96. The smallest absolute Gasteiger partial charge is 0.287 e. The van der Waals surface area contributed by atoms with E-state index in [1.165, 1.54) is 6.26 Å². The minimum absolute atomic E-state index is 0.207. The van der Waals surface area contributed by atoms with Crippen LogP contribution in [0.3, 0.4) is 0 Å². The molecular formula is C19H35N5O2. The first kappa shape index (κ1) is 22.0. The van der Waals surface area contributed by atoms with Crippen LogP contribution in [0.2, 0.25) is 0 Å². The van der Waals surface area contributed by atoms with Crippen LogP contribution in [0.25, 0.3) is 0 Å². The molecule has 26 heavy (non-hydrogen) atoms. The molecule has 7 heteroatoms. The summed E-state index contributed by atoms with van der Waals surface area (Å²) in [6.45, 7) is 14.7. The van der Waals surface area contributed by atoms with E-state index in [2.05, 4.69) is 53.5 Å². The number of carbonyl (C=O) groups is 1. The van der Waals surface area contributed by atoms with E-state index in [4.69, 9.17) is 4.42 Å². The molecule has 7 nitrogen and oxygen atoms in total. The van der Waals surface area contributed by atoms with E-state index in [-0.39, 0.29) is 5.91 Å². The Balaban J connectivity index is 2.31. The fourth-order valence-electron chi connectivity index (χ4n) is 2.75. The molecule has 0 bridgehead atoms. The maximum Gasteiger partial charge on any atom is 0.287 e. The molecule has 0 aliphatic heterocycles. The lowest BCUT2D eigenvalue weighted by atomic mass is 10.2. The van der Waals surface area contributed by atoms with Gasteiger partial charge in [-0.15, -0.1) is 0 Å². The third-order valence-electron chi connectivity index (χ3n) is 3.96. The zero-order chi connectivity index (χ0) is 19.4. The summed E-state index contributed by atoms with van der Waals surface area (Å²) >= 11 is 0. The zero-order valence-corrected chi connectivity index (χ0v) is 16.8. The van der Waals surface area contributed by atoms with Crippen molar-refractivity contribution < 1.29 is 9.21 Å². The number of furan rings is 1. The molecule has 0 saturated heterocycles. The Bertz CT molecular complexity index is 518. The first-order chi connectivity index (χ1) is 12.5. The SMILES string of the molecule is CCNC(=NCCCN(C(C)C)C(C)C)NCCNC(=O)c1ccco1. The van der Waals surface area contributed by atoms with Gasteiger partial charge in [-0.25, -0.2) is 0 Å². The first-order valence-electron chi connectivity index (χ1n) is 9.55. The average molecular weight is 366 g/mol. The maximum atomic E-state index is 11.8. The van der Waals surface area contributed by atoms with Gasteiger partial charge in [0.2, 0.25) is 0 Å². The van der Waals surface area contributed by atoms with Gasteiger partial charge >= 0.3 is 0 Å². The molecule has 148 valence electrons. The van der Waals surface area contributed by atoms with Gasteiger partial charge in [-0.2, -0.15) is 0 Å². The molecule has 3 N–H and O–H groups in total. The van der Waals surface area contributed by atoms with Gasteiger partial charge in [-0.1, -0.05) is 0 Å². The van der Waals surface area contributed by atoms with Crippen LogP contribution in [0.4, 0.5) is 0 Å². The van der Waals surface area contributed by atoms with Gasteiger partial charge < -0.3 is 20.4 Å². The molecular weight excluding hydrogens is 330 g/mol. The number of hydrogen-bond donors (Lipinski definition) is 3. The van der Waals surface area contributed by atoms with Crippen LogP contribution in [-0.2, 0) is 0 Å². The van der Waals surface area contributed by atoms with Crippen molar-refractivity contribution in [2.24, 2.45) is 4.99 Å². The molecule has 1 heterocycles. The highest BCUT2D eigenvalue weighted by Gasteiger charge is 2.12. The number of nitrogens with one attached hydrogen (secondary N) is 3. The topological polar surface area (TPSA) is 81.9 Å². The summed E-state index contributed by atoms with van der Waals surface area (Å²) in [5.74, 6) is 0.895. The lowest BCUT2D eigenvalue weighted by molar-refractivity contribution is 0.0926. The van der Waals surface area contributed by atoms with Crippen LogP contribution >= 0.6 is 0 Å². The van der Waals surface area contributed by atoms with Gasteiger partial charge in [0.15, 0.2) is 11.7 Å². The van der Waals surface area contributed by atoms with E-state index in [1.54, 1.807) is 12.1 Å². The predicted octanol–water partition coefficient (Wildman–Crippen LogP) is 2.07. The lowest BCUT2D eigenvalue weighted by Gasteiger charge is -2.30. The Labute approximate surface area is 157 Å². The van der Waals surface area contributed by atoms with Crippen LogP contribution in [0.1, 0.15) is 51.6 Å². The molecule has 0 aromatic carbocycles. The Morgan fingerprint density at radius 2 is 1.85 bits per heavy atom. The fourth-order valence-corrected chi connectivity index (χ4v) is 2.75. The average Bonchev–Trinajstić information content (AvgIpc) is 3.12. The number of rotatable bonds is 11. The second-order valence-electron chi connectivity index (χ2n) is 6.70. The molecule has 0 aliphatic carbocycles. The van der Waals surface area contributed by atoms with Gasteiger partial charge in [-0.05, 0) is 53.2 Å². The zero-order valence-electron chi connectivity index (χ0n) is 16.8. The van der Waals surface area contributed by atoms with Crippen molar-refractivity contribution >= 4 is 11.9 Å². The quantitative estimate of drug-likeness (QED) is 0.318. The van der Waals surface area contributed by atoms with Crippen LogP contribution < -0.4 is 16.0 Å². The number of nitrogens with zero attached hydrogens (tertiary/aromatic N) is 2. The minimum atomic E-state index is -0.207. The van der Waals surface area contributed by atoms with Crippen molar-refractivity contribution in [3.8, 4) is 0 Å². The van der Waals surface area contributed by atoms with Gasteiger partial charge in [0, 0.05) is 44.8 Å². The molecule has 1 amide bonds. The second kappa shape index (κ2) is 12.4. The highest BCUT2D eigenvalue weighted by Crippen LogP contribution is 2.05. The van der Waals surface area contributed by atoms with Crippen molar-refractivity contribution in [3.05, 3.63) is 24.2 Å². The molecule has 0 aliphatic rings. The normalized spacial score (nSPS) is 12.1. The van der Waals surface area contributed by atoms with E-state index in [0.29, 0.717) is 30.9 Å². The Kier molecular flexibility index (Phi) is 10.5. The van der Waals surface area contributed by atoms with Gasteiger partial charge in [-0.3, -0.25) is 14.7 Å². The minimum Gasteiger partial charge on any atom is -0.459 e. The molecule has 0 radical (unpaired) electrons. The fraction of sp³-hybridized carbons (Fsp3) is 0.684. The van der Waals surface area contributed by atoms with E-state index < -0.39 is 0 Å². The highest BCUT2D eigenvalue weighted by molar-refractivity contribution is 5.91. The molecule has 0 atom stereocenters. The summed E-state index contributed by atoms with van der Waals surface area (Å²) in [6, 6.07) is 4.43. The third kappa shape index (κ3) is 8.38. The Morgan fingerprint density at radius 1 is 1.15 bits per heavy atom. The van der Waals surface area contributed by atoms with Crippen LogP contribution in [0, 0.1) is 0 Å². The van der Waals surface area contributed by atoms with E-state index in [0.717, 1.165) is 32.0 Å². The molecule has 0 saturated carbocycles. The van der Waals surface area contributed by atoms with E-state index >= 15 is 0 Å². The summed E-state index contributed by atoms with van der Waals surface area (Å²) < 4.78 is 5.06. The van der Waals surface area contributed by atoms with Gasteiger partial charge in [0.25, 0.3) is 5.91 Å². The molecule has 0 unspecified atom stereocenters. The summed E-state index contributed by atoms with van der Waals surface area (Å²) in [5.41, 5.74) is 0. The maximum absolute atomic E-state index is 11.8. The Hall–Kier alpha value is -2.02. The van der Waals surface area contributed by atoms with Crippen molar-refractivity contribution in [1.82, 2.24) is 20.9 Å². The van der Waals surface area contributed by atoms with Gasteiger partial charge in [0.1, 0.15) is 0 Å². The van der Waals surface area contributed by atoms with Crippen molar-refractivity contribution in [1.29, 1.82) is 0 Å². The monoisotopic (exact) mass is 365 g/mol. The summed E-state index contributed by atoms with van der Waals surface area (Å²) in [4.78, 5) is 18.9.